The van der Waals surface area contributed by atoms with Crippen LogP contribution >= 0.6 is 11.6 Å². The molecule has 2 aliphatic rings. The van der Waals surface area contributed by atoms with Gasteiger partial charge >= 0.3 is 0 Å². The van der Waals surface area contributed by atoms with E-state index in [9.17, 15) is 14.0 Å². The summed E-state index contributed by atoms with van der Waals surface area (Å²) in [6, 6.07) is 11.4. The lowest BCUT2D eigenvalue weighted by Gasteiger charge is -2.39. The lowest BCUT2D eigenvalue weighted by molar-refractivity contribution is -0.134. The van der Waals surface area contributed by atoms with Gasteiger partial charge in [-0.1, -0.05) is 17.7 Å². The Balaban J connectivity index is 1.50. The molecule has 2 aromatic rings. The molecular weight excluding hydrogens is 459 g/mol. The van der Waals surface area contributed by atoms with Crippen molar-refractivity contribution in [2.75, 3.05) is 33.3 Å². The average Bonchev–Trinajstić information content (AvgIpc) is 2.85. The van der Waals surface area contributed by atoms with Crippen LogP contribution in [0.2, 0.25) is 5.02 Å². The van der Waals surface area contributed by atoms with Crippen molar-refractivity contribution in [3.8, 4) is 11.5 Å². The molecule has 0 N–H and O–H groups in total. The summed E-state index contributed by atoms with van der Waals surface area (Å²) in [7, 11) is 1.38. The van der Waals surface area contributed by atoms with Crippen molar-refractivity contribution >= 4 is 23.4 Å². The van der Waals surface area contributed by atoms with Crippen LogP contribution in [0.15, 0.2) is 42.5 Å². The molecule has 2 heterocycles. The number of carbonyl (C=O) groups is 2. The van der Waals surface area contributed by atoms with Crippen molar-refractivity contribution in [3.63, 3.8) is 0 Å². The number of carbonyl (C=O) groups excluding carboxylic acids is 2. The Morgan fingerprint density at radius 1 is 1.06 bits per heavy atom. The molecule has 0 unspecified atom stereocenters. The summed E-state index contributed by atoms with van der Waals surface area (Å²) in [4.78, 5) is 29.8. The molecule has 0 aliphatic carbocycles. The van der Waals surface area contributed by atoms with E-state index in [0.717, 1.165) is 32.4 Å². The number of hydrogen-bond acceptors (Lipinski definition) is 4. The van der Waals surface area contributed by atoms with Gasteiger partial charge in [0.05, 0.1) is 7.11 Å². The average molecular weight is 489 g/mol. The van der Waals surface area contributed by atoms with Gasteiger partial charge in [0.25, 0.3) is 5.91 Å². The predicted octanol–water partition coefficient (Wildman–Crippen LogP) is 4.80. The predicted molar refractivity (Wildman–Crippen MR) is 128 cm³/mol. The monoisotopic (exact) mass is 488 g/mol. The minimum Gasteiger partial charge on any atom is -0.494 e. The van der Waals surface area contributed by atoms with E-state index in [0.29, 0.717) is 36.7 Å². The van der Waals surface area contributed by atoms with E-state index in [-0.39, 0.29) is 35.1 Å². The molecule has 0 aromatic heterocycles. The highest BCUT2D eigenvalue weighted by Crippen LogP contribution is 2.29. The summed E-state index contributed by atoms with van der Waals surface area (Å²) in [6.07, 6.45) is 3.82. The van der Waals surface area contributed by atoms with Crippen molar-refractivity contribution in [1.82, 2.24) is 9.80 Å². The van der Waals surface area contributed by atoms with E-state index in [2.05, 4.69) is 0 Å². The number of piperidine rings is 2. The maximum atomic E-state index is 14.2. The zero-order valence-electron chi connectivity index (χ0n) is 19.3. The fraction of sp³-hybridized carbons (Fsp3) is 0.462. The normalized spacial score (nSPS) is 20.7. The van der Waals surface area contributed by atoms with Crippen LogP contribution in [0.4, 0.5) is 4.39 Å². The van der Waals surface area contributed by atoms with Gasteiger partial charge in [-0.05, 0) is 55.7 Å². The Labute approximate surface area is 204 Å². The Hall–Kier alpha value is -2.80. The highest BCUT2D eigenvalue weighted by Gasteiger charge is 2.36. The number of rotatable bonds is 6. The number of nitrogens with zero attached hydrogens (tertiary/aromatic N) is 2. The fourth-order valence-electron chi connectivity index (χ4n) is 4.74. The molecule has 2 amide bonds. The molecule has 6 nitrogen and oxygen atoms in total. The summed E-state index contributed by atoms with van der Waals surface area (Å²) in [6.45, 7) is 2.36. The largest absolute Gasteiger partial charge is 0.494 e. The summed E-state index contributed by atoms with van der Waals surface area (Å²) in [5.74, 6) is -0.203. The summed E-state index contributed by atoms with van der Waals surface area (Å²) >= 11 is 6.12. The molecule has 0 bridgehead atoms. The van der Waals surface area contributed by atoms with Gasteiger partial charge in [-0.15, -0.1) is 0 Å². The van der Waals surface area contributed by atoms with E-state index in [1.807, 2.05) is 17.0 Å². The molecule has 4 rings (SSSR count). The zero-order chi connectivity index (χ0) is 24.1. The first-order valence-electron chi connectivity index (χ1n) is 11.8. The molecule has 2 atom stereocenters. The van der Waals surface area contributed by atoms with Crippen LogP contribution in [-0.4, -0.2) is 61.0 Å². The van der Waals surface area contributed by atoms with Crippen LogP contribution in [0, 0.1) is 11.7 Å². The van der Waals surface area contributed by atoms with Crippen molar-refractivity contribution in [3.05, 3.63) is 58.9 Å². The third-order valence-corrected chi connectivity index (χ3v) is 6.81. The zero-order valence-corrected chi connectivity index (χ0v) is 20.1. The standard InChI is InChI=1S/C26H30ClFN2O4/c1-33-24-9-8-18(14-22(24)28)26(32)30-13-10-23(34-21-7-5-6-20(27)16-21)19(17-30)15-25(31)29-11-3-2-4-12-29/h5-9,14,16,19,23H,2-4,10-13,15,17H2,1H3/t19-,23-/m0/s1. The number of likely N-dealkylation sites (tertiary alicyclic amines) is 2. The third kappa shape index (κ3) is 5.81. The number of benzene rings is 2. The number of ether oxygens (including phenoxy) is 2. The van der Waals surface area contributed by atoms with Crippen molar-refractivity contribution in [1.29, 1.82) is 0 Å². The van der Waals surface area contributed by atoms with Crippen LogP contribution < -0.4 is 9.47 Å². The molecule has 0 saturated carbocycles. The number of hydrogen-bond donors (Lipinski definition) is 0. The summed E-state index contributed by atoms with van der Waals surface area (Å²) < 4.78 is 25.4. The van der Waals surface area contributed by atoms with Gasteiger partial charge in [-0.2, -0.15) is 0 Å². The molecule has 2 saturated heterocycles. The Morgan fingerprint density at radius 3 is 2.56 bits per heavy atom. The molecule has 182 valence electrons. The van der Waals surface area contributed by atoms with E-state index < -0.39 is 5.82 Å². The second-order valence-corrected chi connectivity index (χ2v) is 9.34. The van der Waals surface area contributed by atoms with Gasteiger partial charge in [0.2, 0.25) is 5.91 Å². The van der Waals surface area contributed by atoms with Crippen LogP contribution in [0.5, 0.6) is 11.5 Å². The van der Waals surface area contributed by atoms with Crippen LogP contribution in [0.25, 0.3) is 0 Å². The molecule has 2 aliphatic heterocycles. The second kappa shape index (κ2) is 11.1. The van der Waals surface area contributed by atoms with E-state index in [4.69, 9.17) is 21.1 Å². The first-order chi connectivity index (χ1) is 16.4. The van der Waals surface area contributed by atoms with Gasteiger partial charge in [0.15, 0.2) is 11.6 Å². The van der Waals surface area contributed by atoms with Gasteiger partial charge in [-0.3, -0.25) is 9.59 Å². The molecule has 2 fully saturated rings. The SMILES string of the molecule is COc1ccc(C(=O)N2CC[C@H](Oc3cccc(Cl)c3)[C@@H](CC(=O)N3CCCCC3)C2)cc1F. The second-order valence-electron chi connectivity index (χ2n) is 8.91. The first-order valence-corrected chi connectivity index (χ1v) is 12.1. The Bertz CT molecular complexity index is 1030. The molecule has 2 aromatic carbocycles. The van der Waals surface area contributed by atoms with Gasteiger partial charge in [0.1, 0.15) is 11.9 Å². The highest BCUT2D eigenvalue weighted by molar-refractivity contribution is 6.30. The van der Waals surface area contributed by atoms with Crippen LogP contribution in [-0.2, 0) is 4.79 Å². The summed E-state index contributed by atoms with van der Waals surface area (Å²) in [5, 5.41) is 0.576. The maximum Gasteiger partial charge on any atom is 0.253 e. The topological polar surface area (TPSA) is 59.1 Å². The van der Waals surface area contributed by atoms with Crippen molar-refractivity contribution < 1.29 is 23.5 Å². The first kappa shape index (κ1) is 24.3. The lowest BCUT2D eigenvalue weighted by Crippen LogP contribution is -2.50. The van der Waals surface area contributed by atoms with Crippen molar-refractivity contribution in [2.24, 2.45) is 5.92 Å². The molecule has 0 spiro atoms. The Morgan fingerprint density at radius 2 is 1.85 bits per heavy atom. The number of halogens is 2. The number of amides is 2. The maximum absolute atomic E-state index is 14.2. The van der Waals surface area contributed by atoms with Gasteiger partial charge in [0, 0.05) is 55.5 Å². The summed E-state index contributed by atoms with van der Waals surface area (Å²) in [5.41, 5.74) is 0.258. The van der Waals surface area contributed by atoms with Gasteiger partial charge < -0.3 is 19.3 Å². The smallest absolute Gasteiger partial charge is 0.253 e. The lowest BCUT2D eigenvalue weighted by atomic mass is 9.90. The van der Waals surface area contributed by atoms with E-state index >= 15 is 0 Å². The minimum atomic E-state index is -0.579. The third-order valence-electron chi connectivity index (χ3n) is 6.58. The molecular formula is C26H30ClFN2O4. The fourth-order valence-corrected chi connectivity index (χ4v) is 4.92. The van der Waals surface area contributed by atoms with E-state index in [1.165, 1.54) is 19.2 Å². The minimum absolute atomic E-state index is 0.0918. The molecule has 0 radical (unpaired) electrons. The number of methoxy groups -OCH3 is 1. The van der Waals surface area contributed by atoms with Crippen molar-refractivity contribution in [2.45, 2.75) is 38.2 Å². The van der Waals surface area contributed by atoms with Crippen LogP contribution in [0.1, 0.15) is 42.5 Å². The Kier molecular flexibility index (Phi) is 7.93. The quantitative estimate of drug-likeness (QED) is 0.586. The molecule has 8 heteroatoms. The van der Waals surface area contributed by atoms with Crippen LogP contribution in [0.3, 0.4) is 0 Å². The molecule has 34 heavy (non-hydrogen) atoms. The highest BCUT2D eigenvalue weighted by atomic mass is 35.5. The van der Waals surface area contributed by atoms with Gasteiger partial charge in [-0.25, -0.2) is 4.39 Å². The van der Waals surface area contributed by atoms with E-state index in [1.54, 1.807) is 23.1 Å².